The van der Waals surface area contributed by atoms with Crippen LogP contribution in [0.4, 0.5) is 0 Å². The molecular formula is C19H22O4. The molecule has 0 aliphatic carbocycles. The first-order valence-electron chi connectivity index (χ1n) is 7.45. The van der Waals surface area contributed by atoms with Crippen LogP contribution in [0.15, 0.2) is 42.5 Å². The maximum atomic E-state index is 12.0. The standard InChI is InChI=1S/C19H22O4/c1-19(2,3)23-18(21)15-8-6-14(7-9-15)16-10-5-13(12-20)11-17(16)22-4/h5-11,20H,12H2,1-4H3. The Morgan fingerprint density at radius 1 is 1.09 bits per heavy atom. The molecule has 0 aliphatic heterocycles. The molecule has 0 heterocycles. The number of carbonyl (C=O) groups excluding carboxylic acids is 1. The number of hydrogen-bond acceptors (Lipinski definition) is 4. The quantitative estimate of drug-likeness (QED) is 0.872. The molecule has 0 fully saturated rings. The first-order valence-corrected chi connectivity index (χ1v) is 7.45. The maximum absolute atomic E-state index is 12.0. The lowest BCUT2D eigenvalue weighted by atomic mass is 10.0. The summed E-state index contributed by atoms with van der Waals surface area (Å²) in [7, 11) is 1.59. The van der Waals surface area contributed by atoms with E-state index < -0.39 is 5.60 Å². The lowest BCUT2D eigenvalue weighted by Gasteiger charge is -2.19. The van der Waals surface area contributed by atoms with Gasteiger partial charge in [0.05, 0.1) is 19.3 Å². The van der Waals surface area contributed by atoms with Crippen LogP contribution in [-0.4, -0.2) is 23.8 Å². The number of rotatable bonds is 4. The molecule has 0 aliphatic rings. The number of aliphatic hydroxyl groups is 1. The van der Waals surface area contributed by atoms with Gasteiger partial charge in [0, 0.05) is 5.56 Å². The molecule has 0 radical (unpaired) electrons. The highest BCUT2D eigenvalue weighted by molar-refractivity contribution is 5.90. The highest BCUT2D eigenvalue weighted by Crippen LogP contribution is 2.31. The minimum absolute atomic E-state index is 0.0335. The van der Waals surface area contributed by atoms with E-state index in [1.165, 1.54) is 0 Å². The average molecular weight is 314 g/mol. The van der Waals surface area contributed by atoms with Crippen molar-refractivity contribution in [1.29, 1.82) is 0 Å². The van der Waals surface area contributed by atoms with Crippen LogP contribution >= 0.6 is 0 Å². The van der Waals surface area contributed by atoms with Gasteiger partial charge in [0.15, 0.2) is 0 Å². The summed E-state index contributed by atoms with van der Waals surface area (Å²) in [6, 6.07) is 12.7. The minimum Gasteiger partial charge on any atom is -0.496 e. The van der Waals surface area contributed by atoms with Crippen LogP contribution in [0.25, 0.3) is 11.1 Å². The van der Waals surface area contributed by atoms with Crippen LogP contribution in [0.1, 0.15) is 36.7 Å². The van der Waals surface area contributed by atoms with E-state index in [1.807, 2.05) is 45.0 Å². The molecule has 4 nitrogen and oxygen atoms in total. The Morgan fingerprint density at radius 2 is 1.74 bits per heavy atom. The molecule has 2 aromatic rings. The molecular weight excluding hydrogens is 292 g/mol. The minimum atomic E-state index is -0.515. The Labute approximate surface area is 136 Å². The molecule has 0 aromatic heterocycles. The molecule has 2 aromatic carbocycles. The van der Waals surface area contributed by atoms with Crippen molar-refractivity contribution in [3.05, 3.63) is 53.6 Å². The number of ether oxygens (including phenoxy) is 2. The number of methoxy groups -OCH3 is 1. The highest BCUT2D eigenvalue weighted by atomic mass is 16.6. The van der Waals surface area contributed by atoms with Crippen molar-refractivity contribution in [1.82, 2.24) is 0 Å². The smallest absolute Gasteiger partial charge is 0.338 e. The Kier molecular flexibility index (Phi) is 5.06. The Bertz CT molecular complexity index is 682. The summed E-state index contributed by atoms with van der Waals surface area (Å²) in [5, 5.41) is 9.20. The van der Waals surface area contributed by atoms with Crippen LogP contribution in [0.5, 0.6) is 5.75 Å². The summed E-state index contributed by atoms with van der Waals surface area (Å²) < 4.78 is 10.7. The van der Waals surface area contributed by atoms with Gasteiger partial charge in [-0.25, -0.2) is 4.79 Å². The van der Waals surface area contributed by atoms with Crippen LogP contribution in [-0.2, 0) is 11.3 Å². The second kappa shape index (κ2) is 6.84. The van der Waals surface area contributed by atoms with Crippen LogP contribution in [0, 0.1) is 0 Å². The van der Waals surface area contributed by atoms with Gasteiger partial charge < -0.3 is 14.6 Å². The van der Waals surface area contributed by atoms with Crippen molar-refractivity contribution < 1.29 is 19.4 Å². The number of aliphatic hydroxyl groups excluding tert-OH is 1. The van der Waals surface area contributed by atoms with E-state index in [2.05, 4.69) is 0 Å². The highest BCUT2D eigenvalue weighted by Gasteiger charge is 2.18. The molecule has 0 amide bonds. The molecule has 23 heavy (non-hydrogen) atoms. The molecule has 0 bridgehead atoms. The summed E-state index contributed by atoms with van der Waals surface area (Å²) in [5.74, 6) is 0.341. The summed E-state index contributed by atoms with van der Waals surface area (Å²) in [6.45, 7) is 5.49. The lowest BCUT2D eigenvalue weighted by Crippen LogP contribution is -2.23. The van der Waals surface area contributed by atoms with Crippen molar-refractivity contribution in [2.75, 3.05) is 7.11 Å². The summed E-state index contributed by atoms with van der Waals surface area (Å²) in [4.78, 5) is 12.0. The van der Waals surface area contributed by atoms with Gasteiger partial charge in [-0.15, -0.1) is 0 Å². The SMILES string of the molecule is COc1cc(CO)ccc1-c1ccc(C(=O)OC(C)(C)C)cc1. The summed E-state index contributed by atoms with van der Waals surface area (Å²) in [6.07, 6.45) is 0. The normalized spacial score (nSPS) is 11.2. The molecule has 1 N–H and O–H groups in total. The van der Waals surface area contributed by atoms with E-state index in [0.29, 0.717) is 11.3 Å². The Balaban J connectivity index is 2.28. The molecule has 4 heteroatoms. The Hall–Kier alpha value is -2.33. The fourth-order valence-corrected chi connectivity index (χ4v) is 2.20. The van der Waals surface area contributed by atoms with Gasteiger partial charge >= 0.3 is 5.97 Å². The fraction of sp³-hybridized carbons (Fsp3) is 0.316. The van der Waals surface area contributed by atoms with Gasteiger partial charge in [-0.3, -0.25) is 0 Å². The van der Waals surface area contributed by atoms with Crippen LogP contribution in [0.2, 0.25) is 0 Å². The first kappa shape index (κ1) is 17.0. The third-order valence-electron chi connectivity index (χ3n) is 3.28. The molecule has 2 rings (SSSR count). The fourth-order valence-electron chi connectivity index (χ4n) is 2.20. The van der Waals surface area contributed by atoms with Gasteiger partial charge in [-0.1, -0.05) is 24.3 Å². The average Bonchev–Trinajstić information content (AvgIpc) is 2.52. The lowest BCUT2D eigenvalue weighted by molar-refractivity contribution is 0.00695. The summed E-state index contributed by atoms with van der Waals surface area (Å²) >= 11 is 0. The van der Waals surface area contributed by atoms with E-state index in [9.17, 15) is 9.90 Å². The van der Waals surface area contributed by atoms with E-state index in [4.69, 9.17) is 9.47 Å². The molecule has 0 saturated heterocycles. The second-order valence-corrected chi connectivity index (χ2v) is 6.27. The first-order chi connectivity index (χ1) is 10.8. The van der Waals surface area contributed by atoms with E-state index >= 15 is 0 Å². The number of hydrogen-bond donors (Lipinski definition) is 1. The van der Waals surface area contributed by atoms with E-state index in [1.54, 1.807) is 25.3 Å². The van der Waals surface area contributed by atoms with Crippen molar-refractivity contribution >= 4 is 5.97 Å². The van der Waals surface area contributed by atoms with Crippen LogP contribution in [0.3, 0.4) is 0 Å². The third kappa shape index (κ3) is 4.33. The zero-order chi connectivity index (χ0) is 17.0. The number of carbonyl (C=O) groups is 1. The predicted octanol–water partition coefficient (Wildman–Crippen LogP) is 3.81. The van der Waals surface area contributed by atoms with Crippen LogP contribution < -0.4 is 4.74 Å². The predicted molar refractivity (Wildman–Crippen MR) is 89.5 cm³/mol. The van der Waals surface area contributed by atoms with Crippen molar-refractivity contribution in [3.63, 3.8) is 0 Å². The topological polar surface area (TPSA) is 55.8 Å². The maximum Gasteiger partial charge on any atom is 0.338 e. The third-order valence-corrected chi connectivity index (χ3v) is 3.28. The van der Waals surface area contributed by atoms with Crippen molar-refractivity contribution in [2.24, 2.45) is 0 Å². The van der Waals surface area contributed by atoms with Crippen molar-refractivity contribution in [3.8, 4) is 16.9 Å². The molecule has 0 atom stereocenters. The number of benzene rings is 2. The Morgan fingerprint density at radius 3 is 2.26 bits per heavy atom. The van der Waals surface area contributed by atoms with E-state index in [0.717, 1.165) is 16.7 Å². The monoisotopic (exact) mass is 314 g/mol. The van der Waals surface area contributed by atoms with Gasteiger partial charge in [0.2, 0.25) is 0 Å². The molecule has 0 saturated carbocycles. The van der Waals surface area contributed by atoms with E-state index in [-0.39, 0.29) is 12.6 Å². The van der Waals surface area contributed by atoms with Crippen molar-refractivity contribution in [2.45, 2.75) is 33.0 Å². The molecule has 122 valence electrons. The zero-order valence-electron chi connectivity index (χ0n) is 13.9. The molecule has 0 unspecified atom stereocenters. The summed E-state index contributed by atoms with van der Waals surface area (Å²) in [5.41, 5.74) is 2.61. The zero-order valence-corrected chi connectivity index (χ0v) is 13.9. The van der Waals surface area contributed by atoms with Gasteiger partial charge in [0.25, 0.3) is 0 Å². The molecule has 0 spiro atoms. The second-order valence-electron chi connectivity index (χ2n) is 6.27. The van der Waals surface area contributed by atoms with Gasteiger partial charge in [-0.05, 0) is 50.1 Å². The number of esters is 1. The van der Waals surface area contributed by atoms with Gasteiger partial charge in [-0.2, -0.15) is 0 Å². The van der Waals surface area contributed by atoms with Gasteiger partial charge in [0.1, 0.15) is 11.4 Å². The largest absolute Gasteiger partial charge is 0.496 e.